The van der Waals surface area contributed by atoms with Crippen molar-refractivity contribution in [3.63, 3.8) is 0 Å². The highest BCUT2D eigenvalue weighted by Crippen LogP contribution is 2.25. The third kappa shape index (κ3) is 1.98. The van der Waals surface area contributed by atoms with Crippen molar-refractivity contribution in [3.05, 3.63) is 48.0 Å². The zero-order valence-corrected chi connectivity index (χ0v) is 9.01. The summed E-state index contributed by atoms with van der Waals surface area (Å²) in [5.74, 6) is 0. The first-order valence-corrected chi connectivity index (χ1v) is 5.12. The van der Waals surface area contributed by atoms with E-state index < -0.39 is 6.09 Å². The standard InChI is InChI=1S/C13H13NO2/c1-9(16-13(14)15)11-8-4-6-10-5-2-3-7-12(10)11/h2-9H,1H3,(H2,14,15)/t9-/m1/s1. The summed E-state index contributed by atoms with van der Waals surface area (Å²) in [6.07, 6.45) is -1.08. The lowest BCUT2D eigenvalue weighted by atomic mass is 10.0. The van der Waals surface area contributed by atoms with Gasteiger partial charge in [-0.1, -0.05) is 42.5 Å². The van der Waals surface area contributed by atoms with Crippen LogP contribution in [-0.4, -0.2) is 6.09 Å². The van der Waals surface area contributed by atoms with Gasteiger partial charge >= 0.3 is 6.09 Å². The molecule has 0 aliphatic heterocycles. The maximum Gasteiger partial charge on any atom is 0.405 e. The molecule has 0 radical (unpaired) electrons. The lowest BCUT2D eigenvalue weighted by Gasteiger charge is -2.14. The van der Waals surface area contributed by atoms with Crippen molar-refractivity contribution >= 4 is 16.9 Å². The van der Waals surface area contributed by atoms with Gasteiger partial charge in [-0.3, -0.25) is 0 Å². The van der Waals surface area contributed by atoms with Crippen molar-refractivity contribution in [2.75, 3.05) is 0 Å². The smallest absolute Gasteiger partial charge is 0.405 e. The third-order valence-corrected chi connectivity index (χ3v) is 2.55. The monoisotopic (exact) mass is 215 g/mol. The molecule has 3 heteroatoms. The van der Waals surface area contributed by atoms with Crippen LogP contribution in [0.2, 0.25) is 0 Å². The van der Waals surface area contributed by atoms with Crippen LogP contribution in [0.25, 0.3) is 10.8 Å². The summed E-state index contributed by atoms with van der Waals surface area (Å²) in [5, 5.41) is 2.21. The molecule has 0 heterocycles. The van der Waals surface area contributed by atoms with Crippen LogP contribution in [0.15, 0.2) is 42.5 Å². The van der Waals surface area contributed by atoms with Gasteiger partial charge in [-0.05, 0) is 17.7 Å². The number of benzene rings is 2. The average Bonchev–Trinajstić information content (AvgIpc) is 2.27. The van der Waals surface area contributed by atoms with Gasteiger partial charge < -0.3 is 10.5 Å². The molecule has 1 atom stereocenters. The summed E-state index contributed by atoms with van der Waals surface area (Å²) in [5.41, 5.74) is 5.98. The fraction of sp³-hybridized carbons (Fsp3) is 0.154. The van der Waals surface area contributed by atoms with Gasteiger partial charge in [-0.25, -0.2) is 4.79 Å². The number of fused-ring (bicyclic) bond motifs is 1. The van der Waals surface area contributed by atoms with E-state index in [0.29, 0.717) is 0 Å². The highest BCUT2D eigenvalue weighted by atomic mass is 16.6. The van der Waals surface area contributed by atoms with Crippen LogP contribution in [-0.2, 0) is 4.74 Å². The Bertz CT molecular complexity index is 517. The molecule has 2 N–H and O–H groups in total. The van der Waals surface area contributed by atoms with Crippen molar-refractivity contribution < 1.29 is 9.53 Å². The van der Waals surface area contributed by atoms with Crippen molar-refractivity contribution in [3.8, 4) is 0 Å². The van der Waals surface area contributed by atoms with Crippen LogP contribution in [0, 0.1) is 0 Å². The van der Waals surface area contributed by atoms with Gasteiger partial charge in [0.25, 0.3) is 0 Å². The first kappa shape index (κ1) is 10.5. The molecule has 2 rings (SSSR count). The summed E-state index contributed by atoms with van der Waals surface area (Å²) < 4.78 is 4.98. The van der Waals surface area contributed by atoms with E-state index in [2.05, 4.69) is 0 Å². The van der Waals surface area contributed by atoms with Crippen molar-refractivity contribution in [2.24, 2.45) is 5.73 Å². The normalized spacial score (nSPS) is 12.3. The van der Waals surface area contributed by atoms with Gasteiger partial charge in [0.15, 0.2) is 0 Å². The molecule has 16 heavy (non-hydrogen) atoms. The fourth-order valence-electron chi connectivity index (χ4n) is 1.84. The minimum absolute atomic E-state index is 0.330. The van der Waals surface area contributed by atoms with E-state index in [1.54, 1.807) is 0 Å². The van der Waals surface area contributed by atoms with Gasteiger partial charge in [0.1, 0.15) is 6.10 Å². The summed E-state index contributed by atoms with van der Waals surface area (Å²) in [6.45, 7) is 1.81. The summed E-state index contributed by atoms with van der Waals surface area (Å²) in [4.78, 5) is 10.7. The topological polar surface area (TPSA) is 52.3 Å². The predicted molar refractivity (Wildman–Crippen MR) is 63.0 cm³/mol. The van der Waals surface area contributed by atoms with E-state index >= 15 is 0 Å². The quantitative estimate of drug-likeness (QED) is 0.837. The number of carbonyl (C=O) groups is 1. The van der Waals surface area contributed by atoms with Gasteiger partial charge in [-0.2, -0.15) is 0 Å². The lowest BCUT2D eigenvalue weighted by molar-refractivity contribution is 0.117. The minimum Gasteiger partial charge on any atom is -0.442 e. The summed E-state index contributed by atoms with van der Waals surface area (Å²) in [7, 11) is 0. The van der Waals surface area contributed by atoms with Gasteiger partial charge in [-0.15, -0.1) is 0 Å². The van der Waals surface area contributed by atoms with Gasteiger partial charge in [0, 0.05) is 5.56 Å². The van der Waals surface area contributed by atoms with E-state index in [9.17, 15) is 4.79 Å². The Balaban J connectivity index is 2.47. The number of hydrogen-bond donors (Lipinski definition) is 1. The van der Waals surface area contributed by atoms with E-state index in [4.69, 9.17) is 10.5 Å². The molecule has 0 saturated carbocycles. The Morgan fingerprint density at radius 3 is 2.62 bits per heavy atom. The molecule has 0 spiro atoms. The molecule has 0 saturated heterocycles. The Morgan fingerprint density at radius 2 is 1.88 bits per heavy atom. The molecule has 0 aromatic heterocycles. The zero-order valence-electron chi connectivity index (χ0n) is 9.01. The number of amides is 1. The Kier molecular flexibility index (Phi) is 2.77. The van der Waals surface area contributed by atoms with E-state index in [1.807, 2.05) is 49.4 Å². The van der Waals surface area contributed by atoms with E-state index in [0.717, 1.165) is 16.3 Å². The predicted octanol–water partition coefficient (Wildman–Crippen LogP) is 3.00. The second-order valence-electron chi connectivity index (χ2n) is 3.65. The molecule has 3 nitrogen and oxygen atoms in total. The molecule has 2 aromatic carbocycles. The van der Waals surface area contributed by atoms with Gasteiger partial charge in [0.05, 0.1) is 0 Å². The van der Waals surface area contributed by atoms with Crippen LogP contribution >= 0.6 is 0 Å². The molecule has 2 aromatic rings. The van der Waals surface area contributed by atoms with Gasteiger partial charge in [0.2, 0.25) is 0 Å². The largest absolute Gasteiger partial charge is 0.442 e. The maximum atomic E-state index is 10.7. The minimum atomic E-state index is -0.750. The number of rotatable bonds is 2. The molecule has 0 aliphatic carbocycles. The lowest BCUT2D eigenvalue weighted by Crippen LogP contribution is -2.15. The molecule has 82 valence electrons. The summed E-state index contributed by atoms with van der Waals surface area (Å²) in [6, 6.07) is 13.9. The zero-order chi connectivity index (χ0) is 11.5. The SMILES string of the molecule is C[C@@H](OC(N)=O)c1cccc2ccccc12. The number of primary amides is 1. The van der Waals surface area contributed by atoms with Crippen molar-refractivity contribution in [2.45, 2.75) is 13.0 Å². The maximum absolute atomic E-state index is 10.7. The molecular formula is C13H13NO2. The fourth-order valence-corrected chi connectivity index (χ4v) is 1.84. The first-order chi connectivity index (χ1) is 7.68. The number of hydrogen-bond acceptors (Lipinski definition) is 2. The van der Waals surface area contributed by atoms with Crippen LogP contribution in [0.4, 0.5) is 4.79 Å². The molecule has 0 fully saturated rings. The number of nitrogens with two attached hydrogens (primary N) is 1. The van der Waals surface area contributed by atoms with Crippen molar-refractivity contribution in [1.29, 1.82) is 0 Å². The van der Waals surface area contributed by atoms with Crippen LogP contribution in [0.1, 0.15) is 18.6 Å². The Hall–Kier alpha value is -2.03. The van der Waals surface area contributed by atoms with E-state index in [-0.39, 0.29) is 6.10 Å². The van der Waals surface area contributed by atoms with Crippen molar-refractivity contribution in [1.82, 2.24) is 0 Å². The number of ether oxygens (including phenoxy) is 1. The third-order valence-electron chi connectivity index (χ3n) is 2.55. The molecule has 0 aliphatic rings. The second kappa shape index (κ2) is 4.23. The second-order valence-corrected chi connectivity index (χ2v) is 3.65. The Morgan fingerprint density at radius 1 is 1.19 bits per heavy atom. The molecular weight excluding hydrogens is 202 g/mol. The van der Waals surface area contributed by atoms with Crippen LogP contribution < -0.4 is 5.73 Å². The van der Waals surface area contributed by atoms with E-state index in [1.165, 1.54) is 0 Å². The van der Waals surface area contributed by atoms with Crippen LogP contribution in [0.5, 0.6) is 0 Å². The average molecular weight is 215 g/mol. The first-order valence-electron chi connectivity index (χ1n) is 5.12. The molecule has 0 bridgehead atoms. The number of carbonyl (C=O) groups excluding carboxylic acids is 1. The van der Waals surface area contributed by atoms with Crippen LogP contribution in [0.3, 0.4) is 0 Å². The summed E-state index contributed by atoms with van der Waals surface area (Å²) >= 11 is 0. The Labute approximate surface area is 93.8 Å². The highest BCUT2D eigenvalue weighted by Gasteiger charge is 2.11. The molecule has 1 amide bonds. The molecule has 0 unspecified atom stereocenters. The highest BCUT2D eigenvalue weighted by molar-refractivity contribution is 5.86.